The molecule has 3 aliphatic rings. The fourth-order valence-corrected chi connectivity index (χ4v) is 5.57. The first-order chi connectivity index (χ1) is 16.8. The second kappa shape index (κ2) is 8.59. The van der Waals surface area contributed by atoms with Gasteiger partial charge in [-0.25, -0.2) is 0 Å². The van der Waals surface area contributed by atoms with Crippen molar-refractivity contribution in [3.8, 4) is 5.75 Å². The number of fused-ring (bicyclic) bond motifs is 3. The molecule has 0 heterocycles. The maximum absolute atomic E-state index is 13.7. The molecule has 4 rings (SSSR count). The Labute approximate surface area is 204 Å². The molecular formula is C25H25NO10. The number of esters is 1. The van der Waals surface area contributed by atoms with Gasteiger partial charge in [-0.2, -0.15) is 0 Å². The molecule has 190 valence electrons. The number of carbonyl (C=O) groups excluding carboxylic acids is 5. The van der Waals surface area contributed by atoms with Crippen LogP contribution >= 0.6 is 0 Å². The number of aliphatic hydroxyl groups excluding tert-OH is 2. The number of primary amides is 1. The van der Waals surface area contributed by atoms with Gasteiger partial charge in [0.15, 0.2) is 11.4 Å². The third-order valence-electron chi connectivity index (χ3n) is 7.28. The lowest BCUT2D eigenvalue weighted by Gasteiger charge is -2.51. The van der Waals surface area contributed by atoms with E-state index in [-0.39, 0.29) is 29.9 Å². The molecule has 0 aliphatic heterocycles. The van der Waals surface area contributed by atoms with Gasteiger partial charge in [0.05, 0.1) is 12.0 Å². The highest BCUT2D eigenvalue weighted by Crippen LogP contribution is 2.56. The number of hydrogen-bond donors (Lipinski definition) is 5. The number of phenols is 1. The first-order valence-corrected chi connectivity index (χ1v) is 11.3. The normalized spacial score (nSPS) is 29.3. The molecular weight excluding hydrogens is 474 g/mol. The molecule has 1 aromatic carbocycles. The highest BCUT2D eigenvalue weighted by atomic mass is 16.5. The number of nitrogens with two attached hydrogens (primary N) is 1. The first-order valence-electron chi connectivity index (χ1n) is 11.3. The van der Waals surface area contributed by atoms with Gasteiger partial charge in [-0.05, 0) is 24.5 Å². The molecule has 11 heteroatoms. The number of hydrogen-bond acceptors (Lipinski definition) is 10. The number of rotatable bonds is 5. The standard InChI is InChI=1S/C25H25NO10/c1-9(27)6-7-15(30)36-21-12-8-14(29)18(24(26)34)22(32)25(12,35)23(33)19-16(21)10(2)11-4-3-5-13(28)17(11)20(19)31/h3-5,10,12,16,21,28,31-32,35H,6-8H2,1-2H3,(H2,26,34)/t10-,12+,16+,21+,25+/m0/s1. The van der Waals surface area contributed by atoms with E-state index in [1.54, 1.807) is 13.0 Å². The highest BCUT2D eigenvalue weighted by molar-refractivity contribution is 6.23. The number of aromatic hydroxyl groups is 1. The summed E-state index contributed by atoms with van der Waals surface area (Å²) in [4.78, 5) is 62.4. The molecule has 0 unspecified atom stereocenters. The predicted octanol–water partition coefficient (Wildman–Crippen LogP) is 0.876. The second-order valence-corrected chi connectivity index (χ2v) is 9.39. The molecule has 1 saturated carbocycles. The first kappa shape index (κ1) is 25.1. The van der Waals surface area contributed by atoms with Crippen molar-refractivity contribution in [3.05, 3.63) is 46.2 Å². The third kappa shape index (κ3) is 3.49. The van der Waals surface area contributed by atoms with Crippen molar-refractivity contribution in [1.82, 2.24) is 0 Å². The van der Waals surface area contributed by atoms with Crippen molar-refractivity contribution in [2.24, 2.45) is 17.6 Å². The Balaban J connectivity index is 1.96. The number of carbonyl (C=O) groups is 5. The zero-order valence-electron chi connectivity index (χ0n) is 19.5. The van der Waals surface area contributed by atoms with Gasteiger partial charge in [0.25, 0.3) is 5.91 Å². The van der Waals surface area contributed by atoms with Crippen LogP contribution in [0, 0.1) is 11.8 Å². The maximum Gasteiger partial charge on any atom is 0.306 e. The minimum Gasteiger partial charge on any atom is -0.508 e. The molecule has 0 saturated heterocycles. The molecule has 0 bridgehead atoms. The van der Waals surface area contributed by atoms with E-state index in [1.165, 1.54) is 19.1 Å². The largest absolute Gasteiger partial charge is 0.508 e. The molecule has 6 N–H and O–H groups in total. The van der Waals surface area contributed by atoms with Gasteiger partial charge in [-0.15, -0.1) is 0 Å². The number of ether oxygens (including phenoxy) is 1. The summed E-state index contributed by atoms with van der Waals surface area (Å²) in [6.45, 7) is 2.93. The lowest BCUT2D eigenvalue weighted by atomic mass is 9.55. The van der Waals surface area contributed by atoms with Gasteiger partial charge in [-0.3, -0.25) is 19.2 Å². The summed E-state index contributed by atoms with van der Waals surface area (Å²) in [6.07, 6.45) is -2.56. The Bertz CT molecular complexity index is 1290. The van der Waals surface area contributed by atoms with Crippen LogP contribution in [0.15, 0.2) is 35.1 Å². The minimum absolute atomic E-state index is 0.0706. The van der Waals surface area contributed by atoms with Crippen molar-refractivity contribution in [2.45, 2.75) is 50.7 Å². The highest BCUT2D eigenvalue weighted by Gasteiger charge is 2.66. The van der Waals surface area contributed by atoms with E-state index >= 15 is 0 Å². The number of aliphatic hydroxyl groups is 3. The molecule has 1 aromatic rings. The quantitative estimate of drug-likeness (QED) is 0.286. The van der Waals surface area contributed by atoms with E-state index in [1.807, 2.05) is 0 Å². The smallest absolute Gasteiger partial charge is 0.306 e. The van der Waals surface area contributed by atoms with E-state index in [2.05, 4.69) is 0 Å². The summed E-state index contributed by atoms with van der Waals surface area (Å²) >= 11 is 0. The van der Waals surface area contributed by atoms with Crippen molar-refractivity contribution in [1.29, 1.82) is 0 Å². The lowest BCUT2D eigenvalue weighted by Crippen LogP contribution is -2.64. The fraction of sp³-hybridized carbons (Fsp3) is 0.400. The van der Waals surface area contributed by atoms with Crippen molar-refractivity contribution in [2.75, 3.05) is 0 Å². The third-order valence-corrected chi connectivity index (χ3v) is 7.28. The van der Waals surface area contributed by atoms with Crippen LogP contribution in [0.25, 0.3) is 5.76 Å². The van der Waals surface area contributed by atoms with Crippen molar-refractivity contribution < 1.29 is 49.1 Å². The lowest BCUT2D eigenvalue weighted by molar-refractivity contribution is -0.178. The monoisotopic (exact) mass is 499 g/mol. The van der Waals surface area contributed by atoms with E-state index in [0.717, 1.165) is 0 Å². The van der Waals surface area contributed by atoms with Gasteiger partial charge in [-0.1, -0.05) is 19.1 Å². The Morgan fingerprint density at radius 3 is 2.42 bits per heavy atom. The van der Waals surface area contributed by atoms with Gasteiger partial charge < -0.3 is 35.7 Å². The van der Waals surface area contributed by atoms with Crippen LogP contribution in [-0.2, 0) is 28.7 Å². The summed E-state index contributed by atoms with van der Waals surface area (Å²) in [7, 11) is 0. The van der Waals surface area contributed by atoms with Crippen molar-refractivity contribution in [3.63, 3.8) is 0 Å². The molecule has 3 aliphatic carbocycles. The fourth-order valence-electron chi connectivity index (χ4n) is 5.57. The van der Waals surface area contributed by atoms with Crippen LogP contribution < -0.4 is 5.73 Å². The summed E-state index contributed by atoms with van der Waals surface area (Å²) in [6, 6.07) is 4.41. The van der Waals surface area contributed by atoms with Crippen LogP contribution in [0.4, 0.5) is 0 Å². The Hall–Kier alpha value is -3.99. The van der Waals surface area contributed by atoms with Crippen LogP contribution in [-0.4, -0.2) is 61.4 Å². The molecule has 5 atom stereocenters. The summed E-state index contributed by atoms with van der Waals surface area (Å²) in [5.41, 5.74) is 1.23. The SMILES string of the molecule is CC(=O)CCC(=O)O[C@H]1[C@H]2C(=C(O)c3c(O)cccc3[C@@H]2C)C(=O)[C@]2(O)C(O)=C(C(N)=O)C(=O)C[C@H]12. The molecule has 0 spiro atoms. The zero-order chi connectivity index (χ0) is 26.7. The van der Waals surface area contributed by atoms with Gasteiger partial charge in [0.1, 0.15) is 34.7 Å². The van der Waals surface area contributed by atoms with E-state index in [9.17, 15) is 44.4 Å². The molecule has 36 heavy (non-hydrogen) atoms. The van der Waals surface area contributed by atoms with E-state index in [0.29, 0.717) is 5.56 Å². The van der Waals surface area contributed by atoms with Crippen molar-refractivity contribution >= 4 is 35.0 Å². The summed E-state index contributed by atoms with van der Waals surface area (Å²) in [5, 5.41) is 43.9. The minimum atomic E-state index is -2.93. The molecule has 0 radical (unpaired) electrons. The number of phenolic OH excluding ortho intramolecular Hbond substituents is 1. The number of amides is 1. The molecule has 1 fully saturated rings. The average Bonchev–Trinajstić information content (AvgIpc) is 2.79. The van der Waals surface area contributed by atoms with Crippen LogP contribution in [0.2, 0.25) is 0 Å². The molecule has 11 nitrogen and oxygen atoms in total. The summed E-state index contributed by atoms with van der Waals surface area (Å²) in [5.74, 6) is -10.3. The molecule has 1 amide bonds. The predicted molar refractivity (Wildman–Crippen MR) is 121 cm³/mol. The second-order valence-electron chi connectivity index (χ2n) is 9.39. The van der Waals surface area contributed by atoms with Crippen LogP contribution in [0.5, 0.6) is 5.75 Å². The zero-order valence-corrected chi connectivity index (χ0v) is 19.5. The maximum atomic E-state index is 13.7. The van der Waals surface area contributed by atoms with E-state index < -0.39 is 82.0 Å². The van der Waals surface area contributed by atoms with Gasteiger partial charge in [0.2, 0.25) is 5.78 Å². The van der Waals surface area contributed by atoms with E-state index in [4.69, 9.17) is 10.5 Å². The summed E-state index contributed by atoms with van der Waals surface area (Å²) < 4.78 is 5.64. The Morgan fingerprint density at radius 1 is 1.14 bits per heavy atom. The average molecular weight is 499 g/mol. The van der Waals surface area contributed by atoms with Crippen LogP contribution in [0.3, 0.4) is 0 Å². The topological polar surface area (TPSA) is 202 Å². The van der Waals surface area contributed by atoms with Gasteiger partial charge in [0, 0.05) is 30.3 Å². The Kier molecular flexibility index (Phi) is 5.99. The van der Waals surface area contributed by atoms with Gasteiger partial charge >= 0.3 is 5.97 Å². The number of benzene rings is 1. The van der Waals surface area contributed by atoms with Crippen LogP contribution in [0.1, 0.15) is 50.2 Å². The molecule has 0 aromatic heterocycles. The Morgan fingerprint density at radius 2 is 1.81 bits per heavy atom. The number of Topliss-reactive ketones (excluding diaryl/α,β-unsaturated/α-hetero) is 3. The number of ketones is 3.